The van der Waals surface area contributed by atoms with Crippen LogP contribution >= 0.6 is 15.9 Å². The van der Waals surface area contributed by atoms with Gasteiger partial charge in [0.25, 0.3) is 0 Å². The summed E-state index contributed by atoms with van der Waals surface area (Å²) in [5.41, 5.74) is 2.02. The molecule has 0 amide bonds. The number of pyridine rings is 1. The maximum atomic E-state index is 5.99. The van der Waals surface area contributed by atoms with E-state index in [9.17, 15) is 0 Å². The predicted molar refractivity (Wildman–Crippen MR) is 80.6 cm³/mol. The first-order valence-electron chi connectivity index (χ1n) is 6.29. The number of nitrogens with one attached hydrogen (secondary N) is 1. The van der Waals surface area contributed by atoms with Crippen LogP contribution in [-0.4, -0.2) is 11.5 Å². The minimum Gasteiger partial charge on any atom is -0.455 e. The van der Waals surface area contributed by atoms with E-state index in [0.29, 0.717) is 0 Å². The fraction of sp³-hybridized carbons (Fsp3) is 0.267. The first-order chi connectivity index (χ1) is 9.20. The summed E-state index contributed by atoms with van der Waals surface area (Å²) in [5.74, 6) is 1.64. The number of halogens is 1. The van der Waals surface area contributed by atoms with Crippen LogP contribution in [0.25, 0.3) is 0 Å². The Balaban J connectivity index is 2.27. The lowest BCUT2D eigenvalue weighted by atomic mass is 10.2. The van der Waals surface area contributed by atoms with Gasteiger partial charge in [-0.1, -0.05) is 28.9 Å². The molecule has 1 N–H and O–H groups in total. The Labute approximate surface area is 122 Å². The summed E-state index contributed by atoms with van der Waals surface area (Å²) in [6.07, 6.45) is 1.77. The van der Waals surface area contributed by atoms with Gasteiger partial charge in [0.15, 0.2) is 0 Å². The van der Waals surface area contributed by atoms with Crippen LogP contribution in [0.2, 0.25) is 0 Å². The van der Waals surface area contributed by atoms with E-state index in [1.54, 1.807) is 6.20 Å². The van der Waals surface area contributed by atoms with Crippen LogP contribution in [0, 0.1) is 6.92 Å². The van der Waals surface area contributed by atoms with E-state index in [1.165, 1.54) is 0 Å². The molecule has 3 nitrogen and oxygen atoms in total. The second-order valence-electron chi connectivity index (χ2n) is 4.22. The Hall–Kier alpha value is -1.39. The Morgan fingerprint density at radius 2 is 2.11 bits per heavy atom. The van der Waals surface area contributed by atoms with Gasteiger partial charge in [-0.25, -0.2) is 0 Å². The van der Waals surface area contributed by atoms with E-state index in [1.807, 2.05) is 31.2 Å². The third-order valence-corrected chi connectivity index (χ3v) is 3.27. The molecule has 2 rings (SSSR count). The number of hydrogen-bond donors (Lipinski definition) is 1. The zero-order chi connectivity index (χ0) is 13.7. The smallest absolute Gasteiger partial charge is 0.148 e. The summed E-state index contributed by atoms with van der Waals surface area (Å²) in [4.78, 5) is 4.24. The number of hydrogen-bond acceptors (Lipinski definition) is 3. The summed E-state index contributed by atoms with van der Waals surface area (Å²) in [6.45, 7) is 5.75. The molecule has 0 spiro atoms. The molecule has 0 saturated heterocycles. The van der Waals surface area contributed by atoms with Crippen LogP contribution in [0.15, 0.2) is 41.0 Å². The second kappa shape index (κ2) is 6.68. The van der Waals surface area contributed by atoms with Crippen molar-refractivity contribution in [3.63, 3.8) is 0 Å². The molecule has 0 fully saturated rings. The van der Waals surface area contributed by atoms with E-state index in [0.717, 1.165) is 40.3 Å². The predicted octanol–water partition coefficient (Wildman–Crippen LogP) is 4.05. The van der Waals surface area contributed by atoms with Gasteiger partial charge in [0.1, 0.15) is 11.5 Å². The SMILES string of the molecule is CCNCc1ccc(Br)cc1Oc1cccnc1C. The molecule has 100 valence electrons. The molecule has 0 saturated carbocycles. The molecule has 0 aliphatic carbocycles. The fourth-order valence-electron chi connectivity index (χ4n) is 1.72. The van der Waals surface area contributed by atoms with Crippen LogP contribution in [0.3, 0.4) is 0 Å². The van der Waals surface area contributed by atoms with Crippen molar-refractivity contribution in [3.05, 3.63) is 52.3 Å². The van der Waals surface area contributed by atoms with Crippen LogP contribution in [0.1, 0.15) is 18.2 Å². The van der Waals surface area contributed by atoms with E-state index in [4.69, 9.17) is 4.74 Å². The van der Waals surface area contributed by atoms with Crippen molar-refractivity contribution in [1.29, 1.82) is 0 Å². The van der Waals surface area contributed by atoms with Gasteiger partial charge in [0.05, 0.1) is 5.69 Å². The standard InChI is InChI=1S/C15H17BrN2O/c1-3-17-10-12-6-7-13(16)9-15(12)19-14-5-4-8-18-11(14)2/h4-9,17H,3,10H2,1-2H3. The molecular weight excluding hydrogens is 304 g/mol. The molecule has 4 heteroatoms. The highest BCUT2D eigenvalue weighted by atomic mass is 79.9. The molecule has 0 atom stereocenters. The first kappa shape index (κ1) is 14.0. The fourth-order valence-corrected chi connectivity index (χ4v) is 2.07. The number of aryl methyl sites for hydroxylation is 1. The quantitative estimate of drug-likeness (QED) is 0.902. The van der Waals surface area contributed by atoms with Gasteiger partial charge in [-0.2, -0.15) is 0 Å². The third kappa shape index (κ3) is 3.78. The van der Waals surface area contributed by atoms with Gasteiger partial charge in [0, 0.05) is 22.8 Å². The third-order valence-electron chi connectivity index (χ3n) is 2.77. The monoisotopic (exact) mass is 320 g/mol. The van der Waals surface area contributed by atoms with Crippen molar-refractivity contribution in [2.24, 2.45) is 0 Å². The topological polar surface area (TPSA) is 34.1 Å². The van der Waals surface area contributed by atoms with E-state index in [-0.39, 0.29) is 0 Å². The summed E-state index contributed by atoms with van der Waals surface area (Å²) in [5, 5.41) is 3.31. The summed E-state index contributed by atoms with van der Waals surface area (Å²) >= 11 is 3.48. The average Bonchev–Trinajstić information content (AvgIpc) is 2.40. The number of rotatable bonds is 5. The zero-order valence-electron chi connectivity index (χ0n) is 11.1. The second-order valence-corrected chi connectivity index (χ2v) is 5.14. The molecule has 1 aromatic heterocycles. The Morgan fingerprint density at radius 1 is 1.26 bits per heavy atom. The molecule has 0 unspecified atom stereocenters. The van der Waals surface area contributed by atoms with E-state index in [2.05, 4.69) is 39.2 Å². The average molecular weight is 321 g/mol. The molecule has 19 heavy (non-hydrogen) atoms. The van der Waals surface area contributed by atoms with Crippen molar-refractivity contribution in [2.45, 2.75) is 20.4 Å². The molecule has 1 heterocycles. The summed E-state index contributed by atoms with van der Waals surface area (Å²) in [7, 11) is 0. The minimum absolute atomic E-state index is 0.790. The van der Waals surface area contributed by atoms with Gasteiger partial charge in [0.2, 0.25) is 0 Å². The van der Waals surface area contributed by atoms with Crippen molar-refractivity contribution in [2.75, 3.05) is 6.54 Å². The van der Waals surface area contributed by atoms with E-state index < -0.39 is 0 Å². The summed E-state index contributed by atoms with van der Waals surface area (Å²) < 4.78 is 6.99. The summed E-state index contributed by atoms with van der Waals surface area (Å²) in [6, 6.07) is 9.88. The maximum absolute atomic E-state index is 5.99. The highest BCUT2D eigenvalue weighted by molar-refractivity contribution is 9.10. The molecule has 0 bridgehead atoms. The highest BCUT2D eigenvalue weighted by Gasteiger charge is 2.07. The zero-order valence-corrected chi connectivity index (χ0v) is 12.7. The highest BCUT2D eigenvalue weighted by Crippen LogP contribution is 2.29. The van der Waals surface area contributed by atoms with E-state index >= 15 is 0 Å². The normalized spacial score (nSPS) is 10.5. The first-order valence-corrected chi connectivity index (χ1v) is 7.08. The van der Waals surface area contributed by atoms with Crippen LogP contribution in [0.5, 0.6) is 11.5 Å². The molecule has 0 aliphatic rings. The van der Waals surface area contributed by atoms with Gasteiger partial charge in [-0.15, -0.1) is 0 Å². The number of ether oxygens (including phenoxy) is 1. The van der Waals surface area contributed by atoms with Crippen molar-refractivity contribution < 1.29 is 4.74 Å². The Kier molecular flexibility index (Phi) is 4.93. The van der Waals surface area contributed by atoms with Crippen LogP contribution in [0.4, 0.5) is 0 Å². The van der Waals surface area contributed by atoms with Crippen LogP contribution < -0.4 is 10.1 Å². The Bertz CT molecular complexity index is 558. The lowest BCUT2D eigenvalue weighted by Gasteiger charge is -2.13. The number of nitrogens with zero attached hydrogens (tertiary/aromatic N) is 1. The molecule has 1 aromatic carbocycles. The van der Waals surface area contributed by atoms with Gasteiger partial charge < -0.3 is 10.1 Å². The van der Waals surface area contributed by atoms with Gasteiger partial charge in [-0.05, 0) is 37.7 Å². The maximum Gasteiger partial charge on any atom is 0.148 e. The van der Waals surface area contributed by atoms with Gasteiger partial charge >= 0.3 is 0 Å². The minimum atomic E-state index is 0.790. The van der Waals surface area contributed by atoms with Gasteiger partial charge in [-0.3, -0.25) is 4.98 Å². The molecule has 2 aromatic rings. The largest absolute Gasteiger partial charge is 0.455 e. The lowest BCUT2D eigenvalue weighted by Crippen LogP contribution is -2.12. The van der Waals surface area contributed by atoms with Crippen molar-refractivity contribution in [3.8, 4) is 11.5 Å². The van der Waals surface area contributed by atoms with Crippen molar-refractivity contribution >= 4 is 15.9 Å². The van der Waals surface area contributed by atoms with Crippen LogP contribution in [-0.2, 0) is 6.54 Å². The molecular formula is C15H17BrN2O. The number of aromatic nitrogens is 1. The Morgan fingerprint density at radius 3 is 2.84 bits per heavy atom. The molecule has 0 aliphatic heterocycles. The lowest BCUT2D eigenvalue weighted by molar-refractivity contribution is 0.466. The molecule has 0 radical (unpaired) electrons. The van der Waals surface area contributed by atoms with Crippen molar-refractivity contribution in [1.82, 2.24) is 10.3 Å². The number of benzene rings is 1.